The Kier molecular flexibility index (Phi) is 4.96. The van der Waals surface area contributed by atoms with Crippen molar-refractivity contribution in [2.24, 2.45) is 0 Å². The van der Waals surface area contributed by atoms with E-state index in [4.69, 9.17) is 4.74 Å². The fraction of sp³-hybridized carbons (Fsp3) is 0.500. The highest BCUT2D eigenvalue weighted by atomic mass is 16.5. The number of rotatable bonds is 5. The molecule has 0 aliphatic carbocycles. The van der Waals surface area contributed by atoms with Crippen molar-refractivity contribution in [2.75, 3.05) is 19.7 Å². The van der Waals surface area contributed by atoms with E-state index in [1.807, 2.05) is 0 Å². The number of carbonyl (C=O) groups is 1. The van der Waals surface area contributed by atoms with Gasteiger partial charge in [-0.15, -0.1) is 0 Å². The first-order valence-corrected chi connectivity index (χ1v) is 9.72. The maximum Gasteiger partial charge on any atom is 0.178 e. The lowest BCUT2D eigenvalue weighted by molar-refractivity contribution is 0.0914. The van der Waals surface area contributed by atoms with Crippen LogP contribution in [0.2, 0.25) is 0 Å². The first-order chi connectivity index (χ1) is 12.6. The molecule has 2 aliphatic rings. The summed E-state index contributed by atoms with van der Waals surface area (Å²) in [6, 6.07) is 10.6. The van der Waals surface area contributed by atoms with Gasteiger partial charge in [0.15, 0.2) is 5.78 Å². The highest BCUT2D eigenvalue weighted by Gasteiger charge is 2.23. The minimum Gasteiger partial charge on any atom is -0.376 e. The van der Waals surface area contributed by atoms with Gasteiger partial charge < -0.3 is 9.30 Å². The van der Waals surface area contributed by atoms with Crippen molar-refractivity contribution in [1.82, 2.24) is 9.47 Å². The fourth-order valence-corrected chi connectivity index (χ4v) is 4.33. The Morgan fingerprint density at radius 2 is 2.04 bits per heavy atom. The van der Waals surface area contributed by atoms with Crippen LogP contribution in [0.5, 0.6) is 0 Å². The van der Waals surface area contributed by atoms with Crippen LogP contribution in [0.4, 0.5) is 0 Å². The fourth-order valence-electron chi connectivity index (χ4n) is 4.33. The average Bonchev–Trinajstić information content (AvgIpc) is 3.25. The van der Waals surface area contributed by atoms with Gasteiger partial charge in [0.1, 0.15) is 0 Å². The summed E-state index contributed by atoms with van der Waals surface area (Å²) in [4.78, 5) is 15.2. The Morgan fingerprint density at radius 3 is 2.81 bits per heavy atom. The van der Waals surface area contributed by atoms with Crippen LogP contribution in [0.1, 0.15) is 45.7 Å². The molecule has 4 heteroatoms. The van der Waals surface area contributed by atoms with Crippen LogP contribution in [0.3, 0.4) is 0 Å². The van der Waals surface area contributed by atoms with E-state index in [0.717, 1.165) is 62.5 Å². The van der Waals surface area contributed by atoms with Gasteiger partial charge in [-0.2, -0.15) is 0 Å². The largest absolute Gasteiger partial charge is 0.376 e. The van der Waals surface area contributed by atoms with Gasteiger partial charge in [-0.05, 0) is 50.3 Å². The Hall–Kier alpha value is -1.91. The molecule has 1 aromatic heterocycles. The van der Waals surface area contributed by atoms with Crippen LogP contribution < -0.4 is 0 Å². The number of aromatic nitrogens is 1. The predicted molar refractivity (Wildman–Crippen MR) is 103 cm³/mol. The normalized spacial score (nSPS) is 20.3. The molecule has 2 aliphatic heterocycles. The second-order valence-corrected chi connectivity index (χ2v) is 7.68. The summed E-state index contributed by atoms with van der Waals surface area (Å²) in [5.41, 5.74) is 5.89. The van der Waals surface area contributed by atoms with Crippen molar-refractivity contribution in [2.45, 2.75) is 52.3 Å². The molecule has 1 atom stereocenters. The first kappa shape index (κ1) is 17.5. The van der Waals surface area contributed by atoms with Crippen LogP contribution in [0, 0.1) is 13.8 Å². The molecule has 1 aromatic carbocycles. The van der Waals surface area contributed by atoms with Crippen LogP contribution in [-0.4, -0.2) is 41.1 Å². The maximum absolute atomic E-state index is 13.0. The van der Waals surface area contributed by atoms with Gasteiger partial charge in [0.25, 0.3) is 0 Å². The predicted octanol–water partition coefficient (Wildman–Crippen LogP) is 3.52. The maximum atomic E-state index is 13.0. The number of nitrogens with zero attached hydrogens (tertiary/aromatic N) is 2. The third-order valence-corrected chi connectivity index (χ3v) is 5.86. The lowest BCUT2D eigenvalue weighted by atomic mass is 9.99. The van der Waals surface area contributed by atoms with E-state index in [1.54, 1.807) is 0 Å². The van der Waals surface area contributed by atoms with E-state index >= 15 is 0 Å². The molecule has 0 unspecified atom stereocenters. The molecule has 4 nitrogen and oxygen atoms in total. The van der Waals surface area contributed by atoms with Gasteiger partial charge in [0, 0.05) is 43.2 Å². The van der Waals surface area contributed by atoms with E-state index in [9.17, 15) is 4.79 Å². The SMILES string of the molecule is Cc1cc(C(=O)CN2CCc3ccccc3C2)c(C)n1C[C@H]1CCCO1. The molecule has 2 aromatic rings. The topological polar surface area (TPSA) is 34.5 Å². The molecule has 138 valence electrons. The number of aryl methyl sites for hydroxylation is 1. The quantitative estimate of drug-likeness (QED) is 0.772. The lowest BCUT2D eigenvalue weighted by Gasteiger charge is -2.28. The van der Waals surface area contributed by atoms with Gasteiger partial charge in [0.05, 0.1) is 12.6 Å². The summed E-state index contributed by atoms with van der Waals surface area (Å²) in [5, 5.41) is 0. The van der Waals surface area contributed by atoms with Gasteiger partial charge in [0.2, 0.25) is 0 Å². The highest BCUT2D eigenvalue weighted by molar-refractivity contribution is 5.99. The zero-order valence-electron chi connectivity index (χ0n) is 15.8. The van der Waals surface area contributed by atoms with Crippen molar-refractivity contribution in [1.29, 1.82) is 0 Å². The zero-order valence-corrected chi connectivity index (χ0v) is 15.8. The minimum absolute atomic E-state index is 0.232. The molecule has 0 spiro atoms. The molecule has 0 amide bonds. The van der Waals surface area contributed by atoms with E-state index in [0.29, 0.717) is 12.6 Å². The third kappa shape index (κ3) is 3.49. The second kappa shape index (κ2) is 7.37. The van der Waals surface area contributed by atoms with Crippen molar-refractivity contribution >= 4 is 5.78 Å². The summed E-state index contributed by atoms with van der Waals surface area (Å²) in [5.74, 6) is 0.232. The van der Waals surface area contributed by atoms with Crippen LogP contribution in [0.25, 0.3) is 0 Å². The molecular weight excluding hydrogens is 324 g/mol. The summed E-state index contributed by atoms with van der Waals surface area (Å²) in [6.45, 7) is 8.22. The summed E-state index contributed by atoms with van der Waals surface area (Å²) in [7, 11) is 0. The molecule has 3 heterocycles. The number of ether oxygens (including phenoxy) is 1. The Morgan fingerprint density at radius 1 is 1.23 bits per heavy atom. The lowest BCUT2D eigenvalue weighted by Crippen LogP contribution is -2.35. The van der Waals surface area contributed by atoms with Gasteiger partial charge in [-0.25, -0.2) is 0 Å². The molecule has 0 bridgehead atoms. The Labute approximate surface area is 155 Å². The van der Waals surface area contributed by atoms with Crippen molar-refractivity contribution < 1.29 is 9.53 Å². The molecule has 0 saturated carbocycles. The summed E-state index contributed by atoms with van der Waals surface area (Å²) >= 11 is 0. The highest BCUT2D eigenvalue weighted by Crippen LogP contribution is 2.22. The van der Waals surface area contributed by atoms with E-state index in [2.05, 4.69) is 53.6 Å². The van der Waals surface area contributed by atoms with Gasteiger partial charge in [-0.3, -0.25) is 9.69 Å². The van der Waals surface area contributed by atoms with E-state index in [1.165, 1.54) is 11.1 Å². The second-order valence-electron chi connectivity index (χ2n) is 7.68. The monoisotopic (exact) mass is 352 g/mol. The molecule has 0 radical (unpaired) electrons. The number of Topliss-reactive ketones (excluding diaryl/α,β-unsaturated/α-hetero) is 1. The number of hydrogen-bond acceptors (Lipinski definition) is 3. The number of hydrogen-bond donors (Lipinski definition) is 0. The standard InChI is InChI=1S/C22H28N2O2/c1-16-12-21(17(2)24(16)14-20-8-5-11-26-20)22(25)15-23-10-9-18-6-3-4-7-19(18)13-23/h3-4,6-7,12,20H,5,8-11,13-15H2,1-2H3/t20-/m1/s1. The number of carbonyl (C=O) groups excluding carboxylic acids is 1. The Balaban J connectivity index is 1.45. The van der Waals surface area contributed by atoms with Crippen molar-refractivity contribution in [3.05, 3.63) is 58.4 Å². The number of fused-ring (bicyclic) bond motifs is 1. The molecule has 1 saturated heterocycles. The minimum atomic E-state index is 0.232. The van der Waals surface area contributed by atoms with Crippen LogP contribution in [-0.2, 0) is 24.2 Å². The molecular formula is C22H28N2O2. The van der Waals surface area contributed by atoms with Gasteiger partial charge in [-0.1, -0.05) is 24.3 Å². The van der Waals surface area contributed by atoms with Crippen molar-refractivity contribution in [3.63, 3.8) is 0 Å². The smallest absolute Gasteiger partial charge is 0.178 e. The molecule has 26 heavy (non-hydrogen) atoms. The van der Waals surface area contributed by atoms with Gasteiger partial charge >= 0.3 is 0 Å². The Bertz CT molecular complexity index is 802. The van der Waals surface area contributed by atoms with E-state index < -0.39 is 0 Å². The zero-order chi connectivity index (χ0) is 18.1. The number of benzene rings is 1. The average molecular weight is 352 g/mol. The summed E-state index contributed by atoms with van der Waals surface area (Å²) in [6.07, 6.45) is 3.59. The molecule has 4 rings (SSSR count). The molecule has 1 fully saturated rings. The van der Waals surface area contributed by atoms with Crippen LogP contribution in [0.15, 0.2) is 30.3 Å². The van der Waals surface area contributed by atoms with Crippen LogP contribution >= 0.6 is 0 Å². The number of ketones is 1. The summed E-state index contributed by atoms with van der Waals surface area (Å²) < 4.78 is 8.04. The van der Waals surface area contributed by atoms with Crippen molar-refractivity contribution in [3.8, 4) is 0 Å². The molecule has 0 N–H and O–H groups in total. The first-order valence-electron chi connectivity index (χ1n) is 9.72. The third-order valence-electron chi connectivity index (χ3n) is 5.86. The van der Waals surface area contributed by atoms with E-state index in [-0.39, 0.29) is 5.78 Å².